The predicted octanol–water partition coefficient (Wildman–Crippen LogP) is 2.82. The molecule has 1 fully saturated rings. The molecule has 1 aliphatic heterocycles. The van der Waals surface area contributed by atoms with Crippen molar-refractivity contribution >= 4 is 27.5 Å². The van der Waals surface area contributed by atoms with Gasteiger partial charge >= 0.3 is 6.18 Å². The smallest absolute Gasteiger partial charge is 0.433 e. The Bertz CT molecular complexity index is 1120. The molecule has 1 unspecified atom stereocenters. The van der Waals surface area contributed by atoms with E-state index < -0.39 is 23.7 Å². The first kappa shape index (κ1) is 23.3. The van der Waals surface area contributed by atoms with Crippen LogP contribution in [-0.2, 0) is 15.7 Å². The predicted molar refractivity (Wildman–Crippen MR) is 115 cm³/mol. The van der Waals surface area contributed by atoms with E-state index in [9.17, 15) is 18.0 Å². The maximum atomic E-state index is 13.0. The van der Waals surface area contributed by atoms with Gasteiger partial charge in [0.25, 0.3) is 0 Å². The molecule has 3 aromatic rings. The minimum atomic E-state index is -4.67. The van der Waals surface area contributed by atoms with Crippen molar-refractivity contribution in [2.45, 2.75) is 18.5 Å². The van der Waals surface area contributed by atoms with Crippen LogP contribution in [0.4, 0.5) is 13.2 Å². The van der Waals surface area contributed by atoms with Gasteiger partial charge in [-0.25, -0.2) is 15.0 Å². The maximum absolute atomic E-state index is 13.0. The van der Waals surface area contributed by atoms with Gasteiger partial charge < -0.3 is 15.2 Å². The van der Waals surface area contributed by atoms with Crippen molar-refractivity contribution < 1.29 is 27.4 Å². The highest BCUT2D eigenvalue weighted by Crippen LogP contribution is 2.34. The number of hydrogen-bond acceptors (Lipinski definition) is 8. The van der Waals surface area contributed by atoms with E-state index in [2.05, 4.69) is 19.9 Å². The number of rotatable bonds is 8. The van der Waals surface area contributed by atoms with E-state index in [1.165, 1.54) is 0 Å². The molecule has 1 aliphatic rings. The second-order valence-corrected chi connectivity index (χ2v) is 8.53. The molecule has 0 spiro atoms. The molecule has 2 aromatic heterocycles. The summed E-state index contributed by atoms with van der Waals surface area (Å²) in [5.41, 5.74) is 4.92. The molecule has 0 aliphatic carbocycles. The van der Waals surface area contributed by atoms with Crippen LogP contribution in [-0.4, -0.2) is 65.2 Å². The Morgan fingerprint density at radius 1 is 1.24 bits per heavy atom. The number of carbonyl (C=O) groups excluding carboxylic acids is 1. The van der Waals surface area contributed by atoms with Gasteiger partial charge in [0.15, 0.2) is 0 Å². The standard InChI is InChI=1S/C21H22F3N5O3S/c22-21(23,24)16-4-5-26-19(28-16)17(18(25)30)20-27-14-3-2-13(12-15(14)33-20)32-9-1-6-29-7-10-31-11-8-29/h2-5,12,17H,1,6-11H2,(H2,25,30). The van der Waals surface area contributed by atoms with Crippen LogP contribution in [0.5, 0.6) is 5.75 Å². The fourth-order valence-electron chi connectivity index (χ4n) is 3.47. The number of aromatic nitrogens is 3. The number of nitrogens with zero attached hydrogens (tertiary/aromatic N) is 4. The van der Waals surface area contributed by atoms with E-state index in [1.54, 1.807) is 18.2 Å². The Hall–Kier alpha value is -2.83. The van der Waals surface area contributed by atoms with E-state index in [-0.39, 0.29) is 10.8 Å². The summed E-state index contributed by atoms with van der Waals surface area (Å²) in [6.07, 6.45) is -2.85. The Balaban J connectivity index is 1.47. The maximum Gasteiger partial charge on any atom is 0.433 e. The van der Waals surface area contributed by atoms with Gasteiger partial charge in [0, 0.05) is 25.8 Å². The molecule has 176 valence electrons. The zero-order valence-corrected chi connectivity index (χ0v) is 18.4. The van der Waals surface area contributed by atoms with Crippen molar-refractivity contribution in [3.8, 4) is 5.75 Å². The molecular formula is C21H22F3N5O3S. The first-order valence-electron chi connectivity index (χ1n) is 10.3. The Morgan fingerprint density at radius 3 is 2.76 bits per heavy atom. The van der Waals surface area contributed by atoms with Gasteiger partial charge in [-0.3, -0.25) is 9.69 Å². The van der Waals surface area contributed by atoms with E-state index >= 15 is 0 Å². The van der Waals surface area contributed by atoms with Crippen LogP contribution in [0, 0.1) is 0 Å². The summed E-state index contributed by atoms with van der Waals surface area (Å²) < 4.78 is 51.0. The minimum Gasteiger partial charge on any atom is -0.493 e. The molecule has 8 nitrogen and oxygen atoms in total. The molecule has 1 saturated heterocycles. The quantitative estimate of drug-likeness (QED) is 0.494. The van der Waals surface area contributed by atoms with Crippen LogP contribution in [0.2, 0.25) is 0 Å². The van der Waals surface area contributed by atoms with E-state index in [0.717, 1.165) is 62.9 Å². The number of halogens is 3. The second-order valence-electron chi connectivity index (χ2n) is 7.47. The highest BCUT2D eigenvalue weighted by atomic mass is 32.1. The van der Waals surface area contributed by atoms with E-state index in [1.807, 2.05) is 0 Å². The van der Waals surface area contributed by atoms with E-state index in [0.29, 0.717) is 22.6 Å². The number of fused-ring (bicyclic) bond motifs is 1. The number of hydrogen-bond donors (Lipinski definition) is 1. The largest absolute Gasteiger partial charge is 0.493 e. The fraction of sp³-hybridized carbons (Fsp3) is 0.429. The lowest BCUT2D eigenvalue weighted by molar-refractivity contribution is -0.141. The van der Waals surface area contributed by atoms with Gasteiger partial charge in [0.2, 0.25) is 5.91 Å². The molecule has 33 heavy (non-hydrogen) atoms. The van der Waals surface area contributed by atoms with Gasteiger partial charge in [-0.2, -0.15) is 13.2 Å². The lowest BCUT2D eigenvalue weighted by atomic mass is 10.1. The first-order chi connectivity index (χ1) is 15.8. The van der Waals surface area contributed by atoms with Crippen LogP contribution in [0.15, 0.2) is 30.5 Å². The molecule has 4 rings (SSSR count). The molecule has 0 saturated carbocycles. The summed E-state index contributed by atoms with van der Waals surface area (Å²) in [4.78, 5) is 26.2. The molecule has 0 bridgehead atoms. The molecule has 12 heteroatoms. The molecule has 3 heterocycles. The number of morpholine rings is 1. The summed E-state index contributed by atoms with van der Waals surface area (Å²) in [6.45, 7) is 4.81. The number of amides is 1. The number of nitrogens with two attached hydrogens (primary N) is 1. The number of alkyl halides is 3. The third-order valence-corrected chi connectivity index (χ3v) is 6.20. The number of primary amides is 1. The van der Waals surface area contributed by atoms with Gasteiger partial charge in [-0.1, -0.05) is 0 Å². The molecule has 0 radical (unpaired) electrons. The van der Waals surface area contributed by atoms with Gasteiger partial charge in [-0.15, -0.1) is 11.3 Å². The van der Waals surface area contributed by atoms with Crippen LogP contribution in [0.1, 0.15) is 28.9 Å². The van der Waals surface area contributed by atoms with Crippen molar-refractivity contribution in [2.75, 3.05) is 39.5 Å². The van der Waals surface area contributed by atoms with Crippen LogP contribution in [0.3, 0.4) is 0 Å². The monoisotopic (exact) mass is 481 g/mol. The first-order valence-corrected chi connectivity index (χ1v) is 11.2. The van der Waals surface area contributed by atoms with E-state index in [4.69, 9.17) is 15.2 Å². The fourth-order valence-corrected chi connectivity index (χ4v) is 4.57. The topological polar surface area (TPSA) is 103 Å². The van der Waals surface area contributed by atoms with Crippen molar-refractivity contribution in [3.05, 3.63) is 47.0 Å². The van der Waals surface area contributed by atoms with Crippen molar-refractivity contribution in [1.82, 2.24) is 19.9 Å². The van der Waals surface area contributed by atoms with Gasteiger partial charge in [0.1, 0.15) is 28.2 Å². The summed E-state index contributed by atoms with van der Waals surface area (Å²) in [7, 11) is 0. The Labute approximate surface area is 191 Å². The summed E-state index contributed by atoms with van der Waals surface area (Å²) in [5.74, 6) is -1.86. The zero-order valence-electron chi connectivity index (χ0n) is 17.5. The third-order valence-electron chi connectivity index (χ3n) is 5.12. The molecule has 1 amide bonds. The normalized spacial score (nSPS) is 16.1. The third kappa shape index (κ3) is 5.75. The van der Waals surface area contributed by atoms with Gasteiger partial charge in [-0.05, 0) is 30.7 Å². The van der Waals surface area contributed by atoms with Gasteiger partial charge in [0.05, 0.1) is 30.0 Å². The van der Waals surface area contributed by atoms with Crippen molar-refractivity contribution in [2.24, 2.45) is 5.73 Å². The van der Waals surface area contributed by atoms with Crippen molar-refractivity contribution in [3.63, 3.8) is 0 Å². The summed E-state index contributed by atoms with van der Waals surface area (Å²) >= 11 is 1.14. The number of benzene rings is 1. The lowest BCUT2D eigenvalue weighted by Crippen LogP contribution is -2.37. The highest BCUT2D eigenvalue weighted by molar-refractivity contribution is 7.18. The summed E-state index contributed by atoms with van der Waals surface area (Å²) in [6, 6.07) is 6.02. The number of carbonyl (C=O) groups is 1. The minimum absolute atomic E-state index is 0.223. The van der Waals surface area contributed by atoms with Crippen LogP contribution in [0.25, 0.3) is 10.2 Å². The molecule has 2 N–H and O–H groups in total. The molecular weight excluding hydrogens is 459 g/mol. The Kier molecular flexibility index (Phi) is 7.05. The highest BCUT2D eigenvalue weighted by Gasteiger charge is 2.35. The molecule has 1 aromatic carbocycles. The second kappa shape index (κ2) is 9.98. The molecule has 1 atom stereocenters. The van der Waals surface area contributed by atoms with Crippen molar-refractivity contribution in [1.29, 1.82) is 0 Å². The summed E-state index contributed by atoms with van der Waals surface area (Å²) in [5, 5.41) is 0.223. The van der Waals surface area contributed by atoms with Crippen LogP contribution >= 0.6 is 11.3 Å². The average Bonchev–Trinajstić information content (AvgIpc) is 3.19. The number of thiazole rings is 1. The van der Waals surface area contributed by atoms with Crippen LogP contribution < -0.4 is 10.5 Å². The number of ether oxygens (including phenoxy) is 2. The SMILES string of the molecule is NC(=O)C(c1nccc(C(F)(F)F)n1)c1nc2ccc(OCCCN3CCOCC3)cc2s1. The zero-order chi connectivity index (χ0) is 23.4. The Morgan fingerprint density at radius 2 is 2.03 bits per heavy atom. The lowest BCUT2D eigenvalue weighted by Gasteiger charge is -2.26. The average molecular weight is 482 g/mol.